The van der Waals surface area contributed by atoms with E-state index in [1.165, 1.54) is 6.20 Å². The number of carbonyl (C=O) groups is 1. The molecule has 1 aromatic heterocycles. The molecule has 0 radical (unpaired) electrons. The van der Waals surface area contributed by atoms with Gasteiger partial charge in [0.25, 0.3) is 5.91 Å². The first kappa shape index (κ1) is 13.3. The van der Waals surface area contributed by atoms with Gasteiger partial charge in [-0.25, -0.2) is 9.97 Å². The van der Waals surface area contributed by atoms with Crippen LogP contribution in [-0.2, 0) is 0 Å². The normalized spacial score (nSPS) is 17.8. The first-order valence-corrected chi connectivity index (χ1v) is 6.25. The number of carbonyl (C=O) groups excluding carboxylic acids is 1. The van der Waals surface area contributed by atoms with Crippen LogP contribution in [0.1, 0.15) is 35.8 Å². The summed E-state index contributed by atoms with van der Waals surface area (Å²) in [6.07, 6.45) is 2.87. The quantitative estimate of drug-likeness (QED) is 0.815. The van der Waals surface area contributed by atoms with Crippen molar-refractivity contribution in [3.63, 3.8) is 0 Å². The van der Waals surface area contributed by atoms with Crippen molar-refractivity contribution in [3.05, 3.63) is 17.5 Å². The van der Waals surface area contributed by atoms with E-state index in [-0.39, 0.29) is 17.3 Å². The zero-order valence-corrected chi connectivity index (χ0v) is 11.2. The number of nitriles is 1. The van der Waals surface area contributed by atoms with Crippen LogP contribution in [0.15, 0.2) is 6.20 Å². The number of aryl methyl sites for hydroxylation is 1. The van der Waals surface area contributed by atoms with Crippen molar-refractivity contribution >= 4 is 11.9 Å². The van der Waals surface area contributed by atoms with Crippen molar-refractivity contribution < 1.29 is 4.79 Å². The van der Waals surface area contributed by atoms with E-state index in [2.05, 4.69) is 16.0 Å². The Balaban J connectivity index is 2.12. The number of rotatable bonds is 1. The molecule has 0 aliphatic carbocycles. The summed E-state index contributed by atoms with van der Waals surface area (Å²) < 4.78 is 0. The van der Waals surface area contributed by atoms with Crippen LogP contribution >= 0.6 is 0 Å². The molecule has 1 fully saturated rings. The Bertz CT molecular complexity index is 540. The summed E-state index contributed by atoms with van der Waals surface area (Å²) in [5.74, 6) is 0.0854. The Kier molecular flexibility index (Phi) is 3.38. The van der Waals surface area contributed by atoms with Crippen LogP contribution in [0, 0.1) is 23.7 Å². The third kappa shape index (κ3) is 2.65. The van der Waals surface area contributed by atoms with E-state index in [1.807, 2.05) is 6.92 Å². The van der Waals surface area contributed by atoms with Gasteiger partial charge in [-0.2, -0.15) is 5.26 Å². The minimum absolute atomic E-state index is 0.0857. The van der Waals surface area contributed by atoms with Crippen LogP contribution in [0.5, 0.6) is 0 Å². The van der Waals surface area contributed by atoms with Gasteiger partial charge in [0.1, 0.15) is 0 Å². The molecule has 0 aromatic carbocycles. The fourth-order valence-corrected chi connectivity index (χ4v) is 2.18. The summed E-state index contributed by atoms with van der Waals surface area (Å²) in [6, 6.07) is 2.32. The number of anilines is 1. The number of nitrogen functional groups attached to an aromatic ring is 1. The van der Waals surface area contributed by atoms with E-state index in [4.69, 9.17) is 11.0 Å². The van der Waals surface area contributed by atoms with Gasteiger partial charge in [-0.15, -0.1) is 0 Å². The molecule has 100 valence electrons. The summed E-state index contributed by atoms with van der Waals surface area (Å²) >= 11 is 0. The molecular weight excluding hydrogens is 242 g/mol. The lowest BCUT2D eigenvalue weighted by molar-refractivity contribution is 0.0660. The molecule has 0 spiro atoms. The maximum atomic E-state index is 12.4. The van der Waals surface area contributed by atoms with Gasteiger partial charge in [-0.05, 0) is 26.7 Å². The average molecular weight is 259 g/mol. The zero-order chi connectivity index (χ0) is 14.0. The Morgan fingerprint density at radius 1 is 1.53 bits per heavy atom. The third-order valence-corrected chi connectivity index (χ3v) is 3.65. The Hall–Kier alpha value is -2.16. The second-order valence-corrected chi connectivity index (χ2v) is 5.19. The molecule has 6 heteroatoms. The van der Waals surface area contributed by atoms with Gasteiger partial charge in [0.15, 0.2) is 0 Å². The molecule has 0 bridgehead atoms. The molecule has 1 aromatic rings. The monoisotopic (exact) mass is 259 g/mol. The Morgan fingerprint density at radius 3 is 2.68 bits per heavy atom. The standard InChI is InChI=1S/C13H17N5O/c1-9-10(7-16-12(15)17-9)11(19)18-5-3-13(2,8-14)4-6-18/h7H,3-6H2,1-2H3,(H2,15,16,17). The highest BCUT2D eigenvalue weighted by molar-refractivity contribution is 5.95. The largest absolute Gasteiger partial charge is 0.368 e. The molecule has 1 amide bonds. The molecule has 2 heterocycles. The van der Waals surface area contributed by atoms with Gasteiger partial charge >= 0.3 is 0 Å². The van der Waals surface area contributed by atoms with Gasteiger partial charge in [0, 0.05) is 19.3 Å². The molecule has 1 aliphatic heterocycles. The highest BCUT2D eigenvalue weighted by Gasteiger charge is 2.32. The maximum Gasteiger partial charge on any atom is 0.257 e. The van der Waals surface area contributed by atoms with E-state index in [0.29, 0.717) is 37.2 Å². The van der Waals surface area contributed by atoms with Crippen molar-refractivity contribution in [2.45, 2.75) is 26.7 Å². The van der Waals surface area contributed by atoms with Crippen molar-refractivity contribution in [2.24, 2.45) is 5.41 Å². The van der Waals surface area contributed by atoms with Gasteiger partial charge in [0.2, 0.25) is 5.95 Å². The van der Waals surface area contributed by atoms with E-state index < -0.39 is 0 Å². The molecule has 0 unspecified atom stereocenters. The van der Waals surface area contributed by atoms with Crippen molar-refractivity contribution in [2.75, 3.05) is 18.8 Å². The van der Waals surface area contributed by atoms with Gasteiger partial charge in [-0.3, -0.25) is 4.79 Å². The van der Waals surface area contributed by atoms with E-state index in [1.54, 1.807) is 11.8 Å². The number of hydrogen-bond donors (Lipinski definition) is 1. The van der Waals surface area contributed by atoms with Crippen LogP contribution < -0.4 is 5.73 Å². The Labute approximate surface area is 112 Å². The number of likely N-dealkylation sites (tertiary alicyclic amines) is 1. The molecule has 6 nitrogen and oxygen atoms in total. The van der Waals surface area contributed by atoms with Crippen LogP contribution in [0.2, 0.25) is 0 Å². The first-order valence-electron chi connectivity index (χ1n) is 6.25. The average Bonchev–Trinajstić information content (AvgIpc) is 2.39. The third-order valence-electron chi connectivity index (χ3n) is 3.65. The molecule has 1 aliphatic rings. The predicted octanol–water partition coefficient (Wildman–Crippen LogP) is 1.13. The predicted molar refractivity (Wildman–Crippen MR) is 70.0 cm³/mol. The molecule has 2 N–H and O–H groups in total. The molecule has 0 atom stereocenters. The lowest BCUT2D eigenvalue weighted by Gasteiger charge is -2.35. The summed E-state index contributed by atoms with van der Waals surface area (Å²) in [5, 5.41) is 9.08. The van der Waals surface area contributed by atoms with Crippen LogP contribution in [0.25, 0.3) is 0 Å². The van der Waals surface area contributed by atoms with Gasteiger partial charge in [0.05, 0.1) is 22.7 Å². The highest BCUT2D eigenvalue weighted by atomic mass is 16.2. The summed E-state index contributed by atoms with van der Waals surface area (Å²) in [4.78, 5) is 22.0. The minimum atomic E-state index is -0.316. The van der Waals surface area contributed by atoms with Crippen molar-refractivity contribution in [1.82, 2.24) is 14.9 Å². The van der Waals surface area contributed by atoms with E-state index in [0.717, 1.165) is 0 Å². The van der Waals surface area contributed by atoms with Crippen LogP contribution in [0.3, 0.4) is 0 Å². The number of amides is 1. The summed E-state index contributed by atoms with van der Waals surface area (Å²) in [7, 11) is 0. The summed E-state index contributed by atoms with van der Waals surface area (Å²) in [5.41, 5.74) is 6.23. The van der Waals surface area contributed by atoms with Crippen LogP contribution in [0.4, 0.5) is 5.95 Å². The number of nitrogens with two attached hydrogens (primary N) is 1. The van der Waals surface area contributed by atoms with Gasteiger partial charge in [-0.1, -0.05) is 0 Å². The van der Waals surface area contributed by atoms with Crippen molar-refractivity contribution in [1.29, 1.82) is 5.26 Å². The Morgan fingerprint density at radius 2 is 2.16 bits per heavy atom. The highest BCUT2D eigenvalue weighted by Crippen LogP contribution is 2.30. The number of aromatic nitrogens is 2. The fraction of sp³-hybridized carbons (Fsp3) is 0.538. The SMILES string of the molecule is Cc1nc(N)ncc1C(=O)N1CCC(C)(C#N)CC1. The molecule has 0 saturated carbocycles. The first-order chi connectivity index (χ1) is 8.95. The van der Waals surface area contributed by atoms with E-state index >= 15 is 0 Å². The number of piperidine rings is 1. The maximum absolute atomic E-state index is 12.4. The molecule has 1 saturated heterocycles. The topological polar surface area (TPSA) is 95.9 Å². The minimum Gasteiger partial charge on any atom is -0.368 e. The fourth-order valence-electron chi connectivity index (χ4n) is 2.18. The smallest absolute Gasteiger partial charge is 0.257 e. The number of nitrogens with zero attached hydrogens (tertiary/aromatic N) is 4. The second kappa shape index (κ2) is 4.84. The van der Waals surface area contributed by atoms with Crippen LogP contribution in [-0.4, -0.2) is 33.9 Å². The molecule has 2 rings (SSSR count). The zero-order valence-electron chi connectivity index (χ0n) is 11.2. The number of hydrogen-bond acceptors (Lipinski definition) is 5. The lowest BCUT2D eigenvalue weighted by atomic mass is 9.82. The van der Waals surface area contributed by atoms with Crippen molar-refractivity contribution in [3.8, 4) is 6.07 Å². The van der Waals surface area contributed by atoms with E-state index in [9.17, 15) is 4.79 Å². The summed E-state index contributed by atoms with van der Waals surface area (Å²) in [6.45, 7) is 4.86. The lowest BCUT2D eigenvalue weighted by Crippen LogP contribution is -2.42. The van der Waals surface area contributed by atoms with Gasteiger partial charge < -0.3 is 10.6 Å². The molecular formula is C13H17N5O. The molecule has 19 heavy (non-hydrogen) atoms. The second-order valence-electron chi connectivity index (χ2n) is 5.19.